The van der Waals surface area contributed by atoms with Crippen molar-refractivity contribution in [2.45, 2.75) is 27.3 Å². The molecule has 0 aliphatic carbocycles. The molecule has 26 heavy (non-hydrogen) atoms. The first-order valence-electron chi connectivity index (χ1n) is 7.82. The zero-order valence-electron chi connectivity index (χ0n) is 14.5. The second-order valence-electron chi connectivity index (χ2n) is 5.56. The average molecular weight is 363 g/mol. The number of nitro benzene ring substituents is 1. The fourth-order valence-corrected chi connectivity index (χ4v) is 2.53. The predicted octanol–water partition coefficient (Wildman–Crippen LogP) is 2.97. The largest absolute Gasteiger partial charge is 0.462 e. The molecule has 0 radical (unpaired) electrons. The van der Waals surface area contributed by atoms with Gasteiger partial charge in [0.25, 0.3) is 0 Å². The summed E-state index contributed by atoms with van der Waals surface area (Å²) in [6.45, 7) is 5.27. The molecule has 0 aliphatic heterocycles. The number of esters is 1. The lowest BCUT2D eigenvalue weighted by atomic mass is 10.2. The molecule has 0 unspecified atom stereocenters. The number of carbonyl (C=O) groups is 2. The molecule has 1 amide bonds. The number of aromatic nitrogens is 1. The normalized spacial score (nSPS) is 10.5. The number of nitro groups is 1. The van der Waals surface area contributed by atoms with E-state index in [4.69, 9.17) is 4.74 Å². The fraction of sp³-hybridized carbons (Fsp3) is 0.294. The third kappa shape index (κ3) is 4.05. The van der Waals surface area contributed by atoms with Gasteiger partial charge in [0.15, 0.2) is 0 Å². The van der Waals surface area contributed by atoms with Crippen LogP contribution in [0.2, 0.25) is 0 Å². The Bertz CT molecular complexity index is 876. The Kier molecular flexibility index (Phi) is 5.71. The number of halogens is 1. The summed E-state index contributed by atoms with van der Waals surface area (Å²) in [6, 6.07) is 4.73. The van der Waals surface area contributed by atoms with E-state index < -0.39 is 28.3 Å². The molecule has 0 bridgehead atoms. The van der Waals surface area contributed by atoms with E-state index in [9.17, 15) is 24.1 Å². The number of hydrogen-bond acceptors (Lipinski definition) is 5. The number of anilines is 1. The van der Waals surface area contributed by atoms with Crippen LogP contribution in [0.25, 0.3) is 0 Å². The van der Waals surface area contributed by atoms with Gasteiger partial charge in [0, 0.05) is 23.1 Å². The molecule has 1 aromatic carbocycles. The Morgan fingerprint density at radius 2 is 2.00 bits per heavy atom. The van der Waals surface area contributed by atoms with Gasteiger partial charge in [-0.2, -0.15) is 4.39 Å². The van der Waals surface area contributed by atoms with Crippen LogP contribution < -0.4 is 5.32 Å². The van der Waals surface area contributed by atoms with Crippen LogP contribution in [0.15, 0.2) is 24.3 Å². The number of ether oxygens (including phenoxy) is 1. The van der Waals surface area contributed by atoms with E-state index in [0.29, 0.717) is 17.0 Å². The summed E-state index contributed by atoms with van der Waals surface area (Å²) in [5.41, 5.74) is 1.01. The Balaban J connectivity index is 2.17. The van der Waals surface area contributed by atoms with Gasteiger partial charge in [0.2, 0.25) is 11.7 Å². The minimum Gasteiger partial charge on any atom is -0.462 e. The van der Waals surface area contributed by atoms with Gasteiger partial charge in [-0.15, -0.1) is 0 Å². The fourth-order valence-electron chi connectivity index (χ4n) is 2.53. The van der Waals surface area contributed by atoms with Crippen LogP contribution in [0.3, 0.4) is 0 Å². The lowest BCUT2D eigenvalue weighted by Gasteiger charge is -2.10. The molecule has 2 aromatic rings. The van der Waals surface area contributed by atoms with Crippen molar-refractivity contribution in [2.75, 3.05) is 11.9 Å². The Labute approximate surface area is 148 Å². The maximum Gasteiger partial charge on any atom is 0.339 e. The van der Waals surface area contributed by atoms with Gasteiger partial charge in [0.1, 0.15) is 6.54 Å². The van der Waals surface area contributed by atoms with Crippen molar-refractivity contribution in [3.8, 4) is 0 Å². The highest BCUT2D eigenvalue weighted by Crippen LogP contribution is 2.22. The zero-order chi connectivity index (χ0) is 19.4. The number of nitrogens with zero attached hydrogens (tertiary/aromatic N) is 2. The number of benzene rings is 1. The SMILES string of the molecule is CCOC(=O)c1cc(C)n(CC(=O)Nc2ccc(F)c([N+](=O)[O-])c2)c1C. The maximum atomic E-state index is 13.3. The molecule has 0 fully saturated rings. The minimum absolute atomic E-state index is 0.108. The van der Waals surface area contributed by atoms with Crippen molar-refractivity contribution in [2.24, 2.45) is 0 Å². The van der Waals surface area contributed by atoms with E-state index in [1.165, 1.54) is 6.07 Å². The van der Waals surface area contributed by atoms with Crippen molar-refractivity contribution < 1.29 is 23.6 Å². The first-order valence-corrected chi connectivity index (χ1v) is 7.82. The molecule has 9 heteroatoms. The van der Waals surface area contributed by atoms with Crippen molar-refractivity contribution in [1.29, 1.82) is 0 Å². The van der Waals surface area contributed by atoms with Gasteiger partial charge in [0.05, 0.1) is 17.1 Å². The predicted molar refractivity (Wildman–Crippen MR) is 91.5 cm³/mol. The molecule has 0 atom stereocenters. The lowest BCUT2D eigenvalue weighted by Crippen LogP contribution is -2.20. The van der Waals surface area contributed by atoms with E-state index >= 15 is 0 Å². The number of aryl methyl sites for hydroxylation is 1. The molecular weight excluding hydrogens is 345 g/mol. The molecule has 2 rings (SSSR count). The van der Waals surface area contributed by atoms with Gasteiger partial charge >= 0.3 is 11.7 Å². The number of rotatable bonds is 6. The summed E-state index contributed by atoms with van der Waals surface area (Å²) in [7, 11) is 0. The van der Waals surface area contributed by atoms with E-state index in [0.717, 1.165) is 12.1 Å². The highest BCUT2D eigenvalue weighted by atomic mass is 19.1. The van der Waals surface area contributed by atoms with Crippen molar-refractivity contribution in [3.05, 3.63) is 57.1 Å². The Hall–Kier alpha value is -3.23. The standard InChI is InChI=1S/C17H18FN3O5/c1-4-26-17(23)13-7-10(2)20(11(13)3)9-16(22)19-12-5-6-14(18)15(8-12)21(24)25/h5-8H,4,9H2,1-3H3,(H,19,22). The highest BCUT2D eigenvalue weighted by molar-refractivity contribution is 5.93. The summed E-state index contributed by atoms with van der Waals surface area (Å²) in [5.74, 6) is -1.92. The first-order chi connectivity index (χ1) is 12.2. The van der Waals surface area contributed by atoms with Crippen LogP contribution >= 0.6 is 0 Å². The summed E-state index contributed by atoms with van der Waals surface area (Å²) in [5, 5.41) is 13.2. The Morgan fingerprint density at radius 1 is 1.31 bits per heavy atom. The zero-order valence-corrected chi connectivity index (χ0v) is 14.5. The van der Waals surface area contributed by atoms with Crippen LogP contribution in [-0.4, -0.2) is 28.0 Å². The number of carbonyl (C=O) groups excluding carboxylic acids is 2. The molecule has 0 aliphatic rings. The average Bonchev–Trinajstić information content (AvgIpc) is 2.85. The Morgan fingerprint density at radius 3 is 2.62 bits per heavy atom. The smallest absolute Gasteiger partial charge is 0.339 e. The van der Waals surface area contributed by atoms with Gasteiger partial charge < -0.3 is 14.6 Å². The molecule has 1 N–H and O–H groups in total. The van der Waals surface area contributed by atoms with Crippen LogP contribution in [-0.2, 0) is 16.1 Å². The van der Waals surface area contributed by atoms with Crippen LogP contribution in [0.1, 0.15) is 28.7 Å². The van der Waals surface area contributed by atoms with Crippen molar-refractivity contribution in [1.82, 2.24) is 4.57 Å². The topological polar surface area (TPSA) is 103 Å². The molecule has 1 aromatic heterocycles. The summed E-state index contributed by atoms with van der Waals surface area (Å²) in [6.07, 6.45) is 0. The maximum absolute atomic E-state index is 13.3. The number of nitrogens with one attached hydrogen (secondary N) is 1. The van der Waals surface area contributed by atoms with E-state index in [2.05, 4.69) is 5.32 Å². The van der Waals surface area contributed by atoms with Gasteiger partial charge in [-0.1, -0.05) is 0 Å². The quantitative estimate of drug-likeness (QED) is 0.483. The van der Waals surface area contributed by atoms with E-state index in [1.54, 1.807) is 31.4 Å². The van der Waals surface area contributed by atoms with E-state index in [-0.39, 0.29) is 18.8 Å². The summed E-state index contributed by atoms with van der Waals surface area (Å²) >= 11 is 0. The summed E-state index contributed by atoms with van der Waals surface area (Å²) < 4.78 is 19.9. The molecule has 0 saturated heterocycles. The molecule has 1 heterocycles. The van der Waals surface area contributed by atoms with Crippen LogP contribution in [0.4, 0.5) is 15.8 Å². The summed E-state index contributed by atoms with van der Waals surface area (Å²) in [4.78, 5) is 34.1. The van der Waals surface area contributed by atoms with Gasteiger partial charge in [-0.25, -0.2) is 4.79 Å². The van der Waals surface area contributed by atoms with Crippen molar-refractivity contribution >= 4 is 23.3 Å². The number of amides is 1. The van der Waals surface area contributed by atoms with Crippen LogP contribution in [0.5, 0.6) is 0 Å². The highest BCUT2D eigenvalue weighted by Gasteiger charge is 2.19. The van der Waals surface area contributed by atoms with E-state index in [1.807, 2.05) is 0 Å². The molecule has 8 nitrogen and oxygen atoms in total. The lowest BCUT2D eigenvalue weighted by molar-refractivity contribution is -0.387. The third-order valence-electron chi connectivity index (χ3n) is 3.80. The third-order valence-corrected chi connectivity index (χ3v) is 3.80. The van der Waals surface area contributed by atoms with Crippen LogP contribution in [0, 0.1) is 29.8 Å². The molecular formula is C17H18FN3O5. The molecule has 0 saturated carbocycles. The second kappa shape index (κ2) is 7.77. The molecule has 0 spiro atoms. The minimum atomic E-state index is -0.982. The molecule has 138 valence electrons. The van der Waals surface area contributed by atoms with Crippen molar-refractivity contribution in [3.63, 3.8) is 0 Å². The first kappa shape index (κ1) is 19.1. The monoisotopic (exact) mass is 363 g/mol. The van der Waals surface area contributed by atoms with Gasteiger partial charge in [-0.3, -0.25) is 14.9 Å². The van der Waals surface area contributed by atoms with Gasteiger partial charge in [-0.05, 0) is 39.0 Å². The second-order valence-corrected chi connectivity index (χ2v) is 5.56. The number of hydrogen-bond donors (Lipinski definition) is 1.